The van der Waals surface area contributed by atoms with E-state index in [0.717, 1.165) is 65.0 Å². The standard InChI is InChI=1S/C4H4N2O2S.7C4H3NO3S.5C4H3NO2S2.C3H3N3O2S.C3H2N2O3S/c7-4(8)2-1-3(9)6-5-2;6-4(7)2-3(9)5-1-8-2;6-3(7)2-4(9)8-1-5-2;6-3(7)2-1-8-4(9)5-2;2*6-3(7)2-1-5-8-4(2)9;6-4(7)2-1-3(9)5-8-2;6-4(7)2-1-3(9)8-5-2;6-4(7)3-5-2(8)1-9-3;6-3(7)2-1-9-4(8)5-2;6-3(7)2-1-5-9-4(2)8;6-4(7)2-1-3(8)5-9-2;6-4(7)2-1-3(8)9-5-2;7-3(8)1-2(9)5-6-4-1;6-2(7)1-4-3(9)5-8-1/h1H2,(H,6,9)(H,7,8);2*1,9H,(H,6,7);1H,(H,5,9)(H,6,7);2*1,5H,(H,6,7);1H,(H,5,9)(H,6,7);1,5H,(H,6,7);1,8H,(H,6,7);1H,(H,5,8)(H,6,7);1,5H,(H,6,7);1H,(H,5,8)(H,6,7);1,5H,(H,6,7);(H,7,8)(H2,4,5,6,9);(H,5,9)(H,6,7). The summed E-state index contributed by atoms with van der Waals surface area (Å²) in [7, 11) is 0. The molecule has 77 heteroatoms. The van der Waals surface area contributed by atoms with Gasteiger partial charge in [-0.15, -0.1) is 65.7 Å². The van der Waals surface area contributed by atoms with Gasteiger partial charge in [0, 0.05) is 29.1 Å². The molecule has 57 nitrogen and oxygen atoms in total. The summed E-state index contributed by atoms with van der Waals surface area (Å²) in [6, 6.07) is 5.31. The minimum absolute atomic E-state index is 0.00926. The molecule has 135 heavy (non-hydrogen) atoms. The molecule has 0 atom stereocenters. The summed E-state index contributed by atoms with van der Waals surface area (Å²) in [5.41, 5.74) is 2.59. The van der Waals surface area contributed by atoms with Crippen molar-refractivity contribution >= 4 is 342 Å². The number of thiol groups is 3. The molecule has 0 saturated heterocycles. The number of rotatable bonds is 15. The van der Waals surface area contributed by atoms with Gasteiger partial charge in [0.25, 0.3) is 4.84 Å². The zero-order chi connectivity index (χ0) is 103. The quantitative estimate of drug-likeness (QED) is 0.0335. The third kappa shape index (κ3) is 47.8. The number of oxazole rings is 3. The number of thiazole rings is 2. The minimum Gasteiger partial charge on any atom is -0.478 e. The second-order valence-corrected chi connectivity index (χ2v) is 31.7. The number of hydrogen-bond donors (Lipinski definition) is 31. The molecule has 0 radical (unpaired) electrons. The van der Waals surface area contributed by atoms with Crippen LogP contribution in [-0.2, 0) is 4.79 Å². The number of H-pyrrole nitrogens is 12. The monoisotopic (exact) mass is 2250 g/mol. The Morgan fingerprint density at radius 3 is 1.24 bits per heavy atom. The molecule has 0 unspecified atom stereocenters. The van der Waals surface area contributed by atoms with E-state index in [4.69, 9.17) is 76.6 Å². The lowest BCUT2D eigenvalue weighted by Gasteiger charge is -1.83. The van der Waals surface area contributed by atoms with Crippen LogP contribution in [0.15, 0.2) is 129 Å². The molecule has 28 N–H and O–H groups in total. The van der Waals surface area contributed by atoms with Crippen LogP contribution in [0, 0.1) is 49.3 Å². The Morgan fingerprint density at radius 1 is 0.452 bits per heavy atom. The van der Waals surface area contributed by atoms with E-state index in [1.165, 1.54) is 59.6 Å². The van der Waals surface area contributed by atoms with Crippen molar-refractivity contribution in [2.24, 2.45) is 5.10 Å². The minimum atomic E-state index is -1.23. The van der Waals surface area contributed by atoms with Crippen LogP contribution >= 0.6 is 242 Å². The fraction of sp³-hybridized carbons (Fsp3) is 0.0172. The SMILES string of the molecule is O=C(O)C1=NNC(=S)C1.O=C(O)c1c[nH]oc1=S.O=C(O)c1c[nH]oc1=S.O=C(O)c1c[nH]sc1=S.O=C(O)c1cc(=S)[nH]o1.O=C(O)c1cc(=S)[nH]s1.O=C(O)c1cc(=S)o[nH]1.O=C(O)c1cc(=S)s[nH]1.O=C(O)c1coc(=S)[nH]1.O=C(O)c1csc(=S)[nH]1.O=C(O)c1n[nH][nH]c1=S.O=C(O)c1nc(=S)[nH]o1.O=C(O)c1nc(S)cs1.O=C(O)c1ncoc1S.O=C(O)c1ocnc1S. The van der Waals surface area contributed by atoms with Gasteiger partial charge in [0.2, 0.25) is 46.8 Å². The highest BCUT2D eigenvalue weighted by molar-refractivity contribution is 7.81. The van der Waals surface area contributed by atoms with Crippen LogP contribution in [0.25, 0.3) is 0 Å². The maximum absolute atomic E-state index is 10.2. The molecule has 0 amide bonds. The molecule has 0 aliphatic carbocycles. The molecule has 1 aliphatic heterocycles. The van der Waals surface area contributed by atoms with E-state index < -0.39 is 95.4 Å². The van der Waals surface area contributed by atoms with Crippen molar-refractivity contribution in [3.8, 4) is 0 Å². The van der Waals surface area contributed by atoms with E-state index in [0.29, 0.717) is 26.3 Å². The predicted molar refractivity (Wildman–Crippen MR) is 493 cm³/mol. The van der Waals surface area contributed by atoms with Crippen LogP contribution in [-0.4, -0.2) is 261 Å². The topological polar surface area (TPSA) is 943 Å². The molecule has 0 fully saturated rings. The normalized spacial score (nSPS) is 9.86. The largest absolute Gasteiger partial charge is 0.478 e. The molecule has 14 aromatic rings. The van der Waals surface area contributed by atoms with Crippen LogP contribution < -0.4 is 5.43 Å². The van der Waals surface area contributed by atoms with Gasteiger partial charge in [-0.2, -0.15) is 15.2 Å². The van der Waals surface area contributed by atoms with Crippen LogP contribution in [0.5, 0.6) is 0 Å². The van der Waals surface area contributed by atoms with Crippen LogP contribution in [0.2, 0.25) is 0 Å². The molecule has 720 valence electrons. The molecule has 0 spiro atoms. The van der Waals surface area contributed by atoms with Crippen LogP contribution in [0.1, 0.15) is 152 Å². The van der Waals surface area contributed by atoms with Gasteiger partial charge >= 0.3 is 95.4 Å². The number of aliphatic carboxylic acids is 1. The molecule has 1 aliphatic rings. The molecular weight excluding hydrogens is 2210 g/mol. The van der Waals surface area contributed by atoms with Gasteiger partial charge in [-0.25, -0.2) is 113 Å². The Hall–Kier alpha value is -14.0. The number of carboxylic acids is 15. The summed E-state index contributed by atoms with van der Waals surface area (Å²) in [6.45, 7) is 0. The van der Waals surface area contributed by atoms with Gasteiger partial charge in [-0.3, -0.25) is 10.5 Å². The average Bonchev–Trinajstić information content (AvgIpc) is 1.76. The number of aromatic amines is 12. The third-order valence-electron chi connectivity index (χ3n) is 11.3. The lowest BCUT2D eigenvalue weighted by molar-refractivity contribution is -0.129. The summed E-state index contributed by atoms with van der Waals surface area (Å²) in [6.07, 6.45) is 7.16. The van der Waals surface area contributed by atoms with Crippen molar-refractivity contribution in [1.82, 2.24) is 89.6 Å². The smallest absolute Gasteiger partial charge is 0.394 e. The van der Waals surface area contributed by atoms with Crippen molar-refractivity contribution in [1.29, 1.82) is 0 Å². The predicted octanol–water partition coefficient (Wildman–Crippen LogP) is 14.0. The van der Waals surface area contributed by atoms with Gasteiger partial charge in [-0.1, -0.05) is 84.8 Å². The molecule has 0 aromatic carbocycles. The first-order chi connectivity index (χ1) is 63.1. The fourth-order valence-electron chi connectivity index (χ4n) is 5.87. The van der Waals surface area contributed by atoms with Gasteiger partial charge in [0.15, 0.2) is 43.6 Å². The number of hydrazone groups is 1. The first-order valence-electron chi connectivity index (χ1n) is 31.6. The third-order valence-corrected chi connectivity index (χ3v) is 19.5. The molecule has 15 rings (SSSR count). The van der Waals surface area contributed by atoms with Crippen molar-refractivity contribution in [3.63, 3.8) is 0 Å². The number of hydrogen-bond acceptors (Lipinski definition) is 49. The highest BCUT2D eigenvalue weighted by Crippen LogP contribution is 2.15. The van der Waals surface area contributed by atoms with Crippen molar-refractivity contribution in [2.45, 2.75) is 21.6 Å². The highest BCUT2D eigenvalue weighted by Gasteiger charge is 2.19. The summed E-state index contributed by atoms with van der Waals surface area (Å²) in [5.74, 6) is -16.7. The highest BCUT2D eigenvalue weighted by atomic mass is 32.2. The van der Waals surface area contributed by atoms with E-state index in [1.54, 1.807) is 5.38 Å². The van der Waals surface area contributed by atoms with E-state index in [1.807, 2.05) is 0 Å². The Balaban J connectivity index is 0.000000723. The van der Waals surface area contributed by atoms with Gasteiger partial charge in [0.05, 0.1) is 18.8 Å². The molecule has 0 saturated carbocycles. The fourth-order valence-corrected chi connectivity index (χ4v) is 11.7. The molecule has 14 aromatic heterocycles. The van der Waals surface area contributed by atoms with Crippen LogP contribution in [0.3, 0.4) is 0 Å². The van der Waals surface area contributed by atoms with E-state index in [2.05, 4.69) is 315 Å². The number of carboxylic acid groups (broad SMARTS) is 15. The lowest BCUT2D eigenvalue weighted by atomic mass is 10.3. The number of nitrogens with zero attached hydrogens (tertiary/aromatic N) is 6. The zero-order valence-corrected chi connectivity index (χ0v) is 80.3. The Bertz CT molecular complexity index is 6320. The number of nitrogens with one attached hydrogen (secondary N) is 13. The average molecular weight is 2260 g/mol. The van der Waals surface area contributed by atoms with Gasteiger partial charge in [-0.05, 0) is 109 Å². The van der Waals surface area contributed by atoms with E-state index in [-0.39, 0.29) is 128 Å². The van der Waals surface area contributed by atoms with Crippen molar-refractivity contribution < 1.29 is 184 Å². The van der Waals surface area contributed by atoms with Gasteiger partial charge in [0.1, 0.15) is 71.2 Å². The Labute approximate surface area is 835 Å². The maximum atomic E-state index is 10.2. The summed E-state index contributed by atoms with van der Waals surface area (Å²) >= 11 is 71.5. The van der Waals surface area contributed by atoms with Gasteiger partial charge < -0.3 is 136 Å². The maximum Gasteiger partial charge on any atom is 0.394 e. The zero-order valence-electron chi connectivity index (χ0n) is 63.7. The summed E-state index contributed by atoms with van der Waals surface area (Å²) in [4.78, 5) is 171. The number of carbonyl (C=O) groups is 15. The van der Waals surface area contributed by atoms with E-state index >= 15 is 0 Å². The Morgan fingerprint density at radius 2 is 1.03 bits per heavy atom. The first-order valence-corrected chi connectivity index (χ1v) is 42.1. The molecular formula is C58H45N19O38S20. The number of thiocarbonyl (C=S) groups is 1. The Kier molecular flexibility index (Phi) is 54.3. The summed E-state index contributed by atoms with van der Waals surface area (Å²) < 4.78 is 45.7. The number of aromatic carboxylic acids is 14. The second kappa shape index (κ2) is 61.7. The second-order valence-electron chi connectivity index (χ2n) is 20.5. The first kappa shape index (κ1) is 119. The van der Waals surface area contributed by atoms with Crippen molar-refractivity contribution in [3.05, 3.63) is 200 Å². The number of aromatic nitrogens is 17. The van der Waals surface area contributed by atoms with Crippen LogP contribution in [0.4, 0.5) is 0 Å². The summed E-state index contributed by atoms with van der Waals surface area (Å²) in [5, 5.41) is 150. The van der Waals surface area contributed by atoms with Crippen molar-refractivity contribution in [2.75, 3.05) is 0 Å². The lowest BCUT2D eigenvalue weighted by Crippen LogP contribution is -2.11. The van der Waals surface area contributed by atoms with E-state index in [9.17, 15) is 71.9 Å². The molecule has 0 bridgehead atoms. The molecule has 15 heterocycles.